The third-order valence-corrected chi connectivity index (χ3v) is 3.14. The van der Waals surface area contributed by atoms with E-state index >= 15 is 0 Å². The molecule has 0 spiro atoms. The van der Waals surface area contributed by atoms with Crippen molar-refractivity contribution >= 4 is 16.2 Å². The van der Waals surface area contributed by atoms with E-state index in [0.29, 0.717) is 12.0 Å². The van der Waals surface area contributed by atoms with Crippen molar-refractivity contribution in [1.82, 2.24) is 0 Å². The summed E-state index contributed by atoms with van der Waals surface area (Å²) in [6.07, 6.45) is -0.807. The van der Waals surface area contributed by atoms with Crippen molar-refractivity contribution in [2.75, 3.05) is 0 Å². The lowest BCUT2D eigenvalue weighted by molar-refractivity contribution is 0.212. The van der Waals surface area contributed by atoms with Crippen molar-refractivity contribution in [2.24, 2.45) is 5.73 Å². The monoisotopic (exact) mass is 229 g/mol. The molecule has 1 rings (SSSR count). The van der Waals surface area contributed by atoms with Crippen molar-refractivity contribution < 1.29 is 17.4 Å². The molecule has 6 heteroatoms. The van der Waals surface area contributed by atoms with Gasteiger partial charge in [-0.1, -0.05) is 25.1 Å². The van der Waals surface area contributed by atoms with Crippen LogP contribution in [0.3, 0.4) is 0 Å². The first-order chi connectivity index (χ1) is 6.97. The molecule has 0 aromatic heterocycles. The maximum atomic E-state index is 11.5. The predicted octanol–water partition coefficient (Wildman–Crippen LogP) is 1.03. The second-order valence-corrected chi connectivity index (χ2v) is 4.33. The maximum absolute atomic E-state index is 11.5. The number of primary amides is 1. The molecule has 0 heterocycles. The molecule has 0 bridgehead atoms. The Bertz CT molecular complexity index is 467. The number of amides is 1. The first-order valence-electron chi connectivity index (χ1n) is 4.29. The Morgan fingerprint density at radius 3 is 2.53 bits per heavy atom. The zero-order valence-corrected chi connectivity index (χ0v) is 8.95. The molecule has 0 aliphatic carbocycles. The highest BCUT2D eigenvalue weighted by Crippen LogP contribution is 2.18. The van der Waals surface area contributed by atoms with Gasteiger partial charge in [0.05, 0.1) is 0 Å². The van der Waals surface area contributed by atoms with Gasteiger partial charge in [-0.2, -0.15) is 8.42 Å². The fourth-order valence-corrected chi connectivity index (χ4v) is 2.28. The van der Waals surface area contributed by atoms with Crippen molar-refractivity contribution in [3.05, 3.63) is 29.8 Å². The Hall–Kier alpha value is -1.56. The van der Waals surface area contributed by atoms with E-state index in [9.17, 15) is 13.2 Å². The van der Waals surface area contributed by atoms with Crippen LogP contribution in [0.4, 0.5) is 4.79 Å². The fraction of sp³-hybridized carbons (Fsp3) is 0.222. The summed E-state index contributed by atoms with van der Waals surface area (Å²) in [4.78, 5) is 10.4. The first-order valence-corrected chi connectivity index (χ1v) is 5.70. The SMILES string of the molecule is CCc1ccccc1S(=O)(=O)OC(N)=O. The van der Waals surface area contributed by atoms with Crippen molar-refractivity contribution in [1.29, 1.82) is 0 Å². The van der Waals surface area contributed by atoms with Crippen LogP contribution in [0.5, 0.6) is 0 Å². The van der Waals surface area contributed by atoms with Crippen molar-refractivity contribution in [3.63, 3.8) is 0 Å². The number of rotatable bonds is 3. The van der Waals surface area contributed by atoms with Crippen molar-refractivity contribution in [3.8, 4) is 0 Å². The third-order valence-electron chi connectivity index (χ3n) is 1.81. The quantitative estimate of drug-likeness (QED) is 0.784. The average Bonchev–Trinajstić information content (AvgIpc) is 2.16. The number of aryl methyl sites for hydroxylation is 1. The maximum Gasteiger partial charge on any atom is 0.420 e. The summed E-state index contributed by atoms with van der Waals surface area (Å²) in [5, 5.41) is 0. The minimum Gasteiger partial charge on any atom is -0.334 e. The molecule has 0 saturated carbocycles. The molecule has 1 aromatic carbocycles. The highest BCUT2D eigenvalue weighted by molar-refractivity contribution is 7.87. The molecule has 5 nitrogen and oxygen atoms in total. The molecule has 0 fully saturated rings. The molecule has 0 aliphatic heterocycles. The van der Waals surface area contributed by atoms with Gasteiger partial charge in [0, 0.05) is 0 Å². The van der Waals surface area contributed by atoms with Crippen LogP contribution in [0.15, 0.2) is 29.2 Å². The Balaban J connectivity index is 3.20. The summed E-state index contributed by atoms with van der Waals surface area (Å²) < 4.78 is 27.1. The smallest absolute Gasteiger partial charge is 0.334 e. The van der Waals surface area contributed by atoms with E-state index in [-0.39, 0.29) is 4.90 Å². The average molecular weight is 229 g/mol. The topological polar surface area (TPSA) is 86.5 Å². The van der Waals surface area contributed by atoms with Gasteiger partial charge in [0.25, 0.3) is 0 Å². The van der Waals surface area contributed by atoms with Gasteiger partial charge in [-0.05, 0) is 18.1 Å². The summed E-state index contributed by atoms with van der Waals surface area (Å²) in [6, 6.07) is 6.28. The first kappa shape index (κ1) is 11.5. The summed E-state index contributed by atoms with van der Waals surface area (Å²) in [7, 11) is -4.08. The summed E-state index contributed by atoms with van der Waals surface area (Å²) in [5.41, 5.74) is 5.25. The predicted molar refractivity (Wildman–Crippen MR) is 53.7 cm³/mol. The van der Waals surface area contributed by atoms with Crippen LogP contribution in [0, 0.1) is 0 Å². The van der Waals surface area contributed by atoms with Gasteiger partial charge in [0.15, 0.2) is 0 Å². The lowest BCUT2D eigenvalue weighted by atomic mass is 10.2. The number of carbonyl (C=O) groups excluding carboxylic acids is 1. The molecule has 0 unspecified atom stereocenters. The van der Waals surface area contributed by atoms with E-state index < -0.39 is 16.2 Å². The number of hydrogen-bond donors (Lipinski definition) is 1. The van der Waals surface area contributed by atoms with Crippen LogP contribution in [-0.2, 0) is 20.7 Å². The Morgan fingerprint density at radius 1 is 1.40 bits per heavy atom. The zero-order valence-electron chi connectivity index (χ0n) is 8.14. The molecule has 2 N–H and O–H groups in total. The fourth-order valence-electron chi connectivity index (χ4n) is 1.19. The second-order valence-electron chi connectivity index (χ2n) is 2.82. The van der Waals surface area contributed by atoms with Gasteiger partial charge in [-0.25, -0.2) is 4.79 Å². The van der Waals surface area contributed by atoms with E-state index in [1.165, 1.54) is 6.07 Å². The lowest BCUT2D eigenvalue weighted by Gasteiger charge is -2.07. The van der Waals surface area contributed by atoms with E-state index in [0.717, 1.165) is 0 Å². The van der Waals surface area contributed by atoms with Crippen LogP contribution in [0.25, 0.3) is 0 Å². The van der Waals surface area contributed by atoms with Gasteiger partial charge in [0.2, 0.25) is 0 Å². The Morgan fingerprint density at radius 2 is 2.00 bits per heavy atom. The molecule has 1 amide bonds. The van der Waals surface area contributed by atoms with Crippen LogP contribution in [-0.4, -0.2) is 14.5 Å². The number of hydrogen-bond acceptors (Lipinski definition) is 4. The molecule has 15 heavy (non-hydrogen) atoms. The molecule has 0 atom stereocenters. The molecular formula is C9H11NO4S. The highest BCUT2D eigenvalue weighted by Gasteiger charge is 2.20. The zero-order chi connectivity index (χ0) is 11.5. The van der Waals surface area contributed by atoms with Crippen LogP contribution < -0.4 is 5.73 Å². The van der Waals surface area contributed by atoms with Gasteiger partial charge < -0.3 is 9.92 Å². The van der Waals surface area contributed by atoms with Crippen molar-refractivity contribution in [2.45, 2.75) is 18.2 Å². The van der Waals surface area contributed by atoms with Crippen LogP contribution in [0.2, 0.25) is 0 Å². The Labute approximate surface area is 88.0 Å². The molecular weight excluding hydrogens is 218 g/mol. The largest absolute Gasteiger partial charge is 0.420 e. The van der Waals surface area contributed by atoms with Gasteiger partial charge in [-0.3, -0.25) is 0 Å². The normalized spacial score (nSPS) is 11.0. The van der Waals surface area contributed by atoms with E-state index in [1.54, 1.807) is 25.1 Å². The van der Waals surface area contributed by atoms with E-state index in [1.807, 2.05) is 0 Å². The lowest BCUT2D eigenvalue weighted by Crippen LogP contribution is -2.19. The molecule has 0 radical (unpaired) electrons. The highest BCUT2D eigenvalue weighted by atomic mass is 32.2. The summed E-state index contributed by atoms with van der Waals surface area (Å²) >= 11 is 0. The van der Waals surface area contributed by atoms with Crippen LogP contribution >= 0.6 is 0 Å². The van der Waals surface area contributed by atoms with Gasteiger partial charge in [-0.15, -0.1) is 0 Å². The molecule has 0 aliphatic rings. The van der Waals surface area contributed by atoms with Crippen LogP contribution in [0.1, 0.15) is 12.5 Å². The minimum atomic E-state index is -4.08. The number of nitrogens with two attached hydrogens (primary N) is 1. The van der Waals surface area contributed by atoms with E-state index in [4.69, 9.17) is 0 Å². The van der Waals surface area contributed by atoms with E-state index in [2.05, 4.69) is 9.92 Å². The number of carbonyl (C=O) groups is 1. The summed E-state index contributed by atoms with van der Waals surface area (Å²) in [6.45, 7) is 1.80. The summed E-state index contributed by atoms with van der Waals surface area (Å²) in [5.74, 6) is 0. The third kappa shape index (κ3) is 2.69. The standard InChI is InChI=1S/C9H11NO4S/c1-2-7-5-3-4-6-8(7)15(12,13)14-9(10)11/h3-6H,2H2,1H3,(H2,10,11). The van der Waals surface area contributed by atoms with Gasteiger partial charge in [0.1, 0.15) is 4.90 Å². The molecule has 1 aromatic rings. The molecule has 82 valence electrons. The Kier molecular flexibility index (Phi) is 3.31. The molecule has 0 saturated heterocycles. The number of benzene rings is 1. The second kappa shape index (κ2) is 4.31. The van der Waals surface area contributed by atoms with Gasteiger partial charge >= 0.3 is 16.2 Å². The minimum absolute atomic E-state index is 0.0219.